The Morgan fingerprint density at radius 1 is 0.562 bits per heavy atom. The molecule has 48 heavy (non-hydrogen) atoms. The molecule has 0 bridgehead atoms. The molecule has 4 aromatic rings. The van der Waals surface area contributed by atoms with Crippen LogP contribution in [-0.4, -0.2) is 45.0 Å². The van der Waals surface area contributed by atoms with Gasteiger partial charge in [0.1, 0.15) is 0 Å². The van der Waals surface area contributed by atoms with Crippen molar-refractivity contribution in [3.8, 4) is 23.0 Å². The van der Waals surface area contributed by atoms with Gasteiger partial charge in [-0.2, -0.15) is 0 Å². The van der Waals surface area contributed by atoms with Crippen molar-refractivity contribution in [2.75, 3.05) is 28.4 Å². The molecule has 0 amide bonds. The van der Waals surface area contributed by atoms with Crippen molar-refractivity contribution in [3.63, 3.8) is 0 Å². The molecule has 0 saturated carbocycles. The third kappa shape index (κ3) is 5.05. The van der Waals surface area contributed by atoms with Crippen molar-refractivity contribution in [1.82, 2.24) is 0 Å². The molecule has 1 aliphatic rings. The summed E-state index contributed by atoms with van der Waals surface area (Å²) in [6.07, 6.45) is 4.30. The fourth-order valence-corrected chi connectivity index (χ4v) is 12.8. The van der Waals surface area contributed by atoms with Gasteiger partial charge in [0.25, 0.3) is 0 Å². The molecule has 8 heteroatoms. The average molecular weight is 665 g/mol. The Hall–Kier alpha value is -5.00. The first-order chi connectivity index (χ1) is 23.0. The molecule has 1 aliphatic carbocycles. The Labute approximate surface area is 282 Å². The summed E-state index contributed by atoms with van der Waals surface area (Å²) in [7, 11) is 5.77. The normalized spacial score (nSPS) is 14.8. The van der Waals surface area contributed by atoms with E-state index < -0.39 is 23.2 Å². The molecule has 0 atom stereocenters. The number of carbonyl (C=O) groups is 3. The summed E-state index contributed by atoms with van der Waals surface area (Å²) in [6, 6.07) is 27.3. The van der Waals surface area contributed by atoms with Crippen LogP contribution < -0.4 is 29.6 Å². The van der Waals surface area contributed by atoms with E-state index >= 15 is 14.4 Å². The number of allylic oxidation sites excluding steroid dienone is 4. The second-order valence-electron chi connectivity index (χ2n) is 12.5. The molecule has 4 aromatic carbocycles. The topological polar surface area (TPSA) is 88.1 Å². The summed E-state index contributed by atoms with van der Waals surface area (Å²) in [5.74, 6) is 0.662. The summed E-state index contributed by atoms with van der Waals surface area (Å²) in [5, 5.41) is 0.545. The van der Waals surface area contributed by atoms with Gasteiger partial charge in [0.05, 0.1) is 0 Å². The van der Waals surface area contributed by atoms with Gasteiger partial charge in [0.15, 0.2) is 0 Å². The van der Waals surface area contributed by atoms with E-state index in [1.807, 2.05) is 13.0 Å². The summed E-state index contributed by atoms with van der Waals surface area (Å²) >= 11 is 0. The molecule has 0 saturated heterocycles. The third-order valence-electron chi connectivity index (χ3n) is 9.16. The van der Waals surface area contributed by atoms with Crippen LogP contribution in [0, 0.1) is 5.41 Å². The van der Waals surface area contributed by atoms with E-state index in [9.17, 15) is 0 Å². The minimum absolute atomic E-state index is 0.0122. The summed E-state index contributed by atoms with van der Waals surface area (Å²) < 4.78 is 23.2. The van der Waals surface area contributed by atoms with Crippen molar-refractivity contribution in [2.45, 2.75) is 27.2 Å². The SMILES string of the molecule is COc1cccc(OC)c1C(=O)P(C(=O)C1=C(C)CC(C)(C)C=C1)(C(=O)c1c(OC)cccc1OC)(c1ccccc1)c1ccccc1. The molecule has 0 N–H and O–H groups in total. The van der Waals surface area contributed by atoms with E-state index in [0.29, 0.717) is 12.0 Å². The summed E-state index contributed by atoms with van der Waals surface area (Å²) in [5.41, 5.74) is -1.20. The zero-order valence-electron chi connectivity index (χ0n) is 28.4. The predicted molar refractivity (Wildman–Crippen MR) is 192 cm³/mol. The monoisotopic (exact) mass is 664 g/mol. The van der Waals surface area contributed by atoms with E-state index in [0.717, 1.165) is 5.57 Å². The third-order valence-corrected chi connectivity index (χ3v) is 14.9. The van der Waals surface area contributed by atoms with Gasteiger partial charge >= 0.3 is 283 Å². The standard InChI is InChI=1S/C40H41O7P/c1-27-26-40(2,3)25-24-30(27)37(41)48(28-16-10-8-11-17-28,29-18-12-9-13-19-29,38(42)35-31(44-4)20-14-21-32(35)45-5)39(43)36-33(46-6)22-15-23-34(36)47-7/h8-25H,26H2,1-7H3. The first kappa shape index (κ1) is 34.3. The number of benzene rings is 4. The molecule has 0 radical (unpaired) electrons. The summed E-state index contributed by atoms with van der Waals surface area (Å²) in [6.45, 7) is 0.393. The number of ether oxygens (including phenoxy) is 4. The van der Waals surface area contributed by atoms with Gasteiger partial charge in [-0.1, -0.05) is 0 Å². The van der Waals surface area contributed by atoms with E-state index in [4.69, 9.17) is 18.9 Å². The number of rotatable bonds is 12. The average Bonchev–Trinajstić information content (AvgIpc) is 3.11. The van der Waals surface area contributed by atoms with Crippen LogP contribution >= 0.6 is 6.60 Å². The Bertz CT molecular complexity index is 1790. The van der Waals surface area contributed by atoms with Crippen LogP contribution in [0.2, 0.25) is 0 Å². The molecular weight excluding hydrogens is 623 g/mol. The Balaban J connectivity index is 2.15. The maximum atomic E-state index is 16.4. The molecule has 0 heterocycles. The van der Waals surface area contributed by atoms with Crippen molar-refractivity contribution >= 4 is 33.8 Å². The molecule has 7 nitrogen and oxygen atoms in total. The van der Waals surface area contributed by atoms with E-state index in [2.05, 4.69) is 13.8 Å². The zero-order valence-corrected chi connectivity index (χ0v) is 29.3. The van der Waals surface area contributed by atoms with Gasteiger partial charge < -0.3 is 0 Å². The number of carbonyl (C=O) groups excluding carboxylic acids is 3. The quantitative estimate of drug-likeness (QED) is 0.143. The molecule has 0 spiro atoms. The summed E-state index contributed by atoms with van der Waals surface area (Å²) in [4.78, 5) is 49.2. The Morgan fingerprint density at radius 2 is 0.938 bits per heavy atom. The molecule has 248 valence electrons. The predicted octanol–water partition coefficient (Wildman–Crippen LogP) is 7.74. The van der Waals surface area contributed by atoms with Gasteiger partial charge in [0, 0.05) is 0 Å². The first-order valence-electron chi connectivity index (χ1n) is 15.6. The van der Waals surface area contributed by atoms with Crippen LogP contribution in [0.5, 0.6) is 23.0 Å². The van der Waals surface area contributed by atoms with Gasteiger partial charge in [-0.25, -0.2) is 0 Å². The fourth-order valence-electron chi connectivity index (χ4n) is 6.94. The van der Waals surface area contributed by atoms with Crippen LogP contribution in [0.4, 0.5) is 0 Å². The number of methoxy groups -OCH3 is 4. The second kappa shape index (κ2) is 13.2. The molecule has 0 unspecified atom stereocenters. The van der Waals surface area contributed by atoms with Crippen LogP contribution in [0.25, 0.3) is 0 Å². The van der Waals surface area contributed by atoms with Crippen LogP contribution in [0.1, 0.15) is 47.9 Å². The number of hydrogen-bond donors (Lipinski definition) is 0. The van der Waals surface area contributed by atoms with Crippen molar-refractivity contribution in [2.24, 2.45) is 5.41 Å². The van der Waals surface area contributed by atoms with Crippen LogP contribution in [0.3, 0.4) is 0 Å². The van der Waals surface area contributed by atoms with Crippen LogP contribution in [-0.2, 0) is 4.79 Å². The van der Waals surface area contributed by atoms with Crippen molar-refractivity contribution in [1.29, 1.82) is 0 Å². The van der Waals surface area contributed by atoms with E-state index in [1.54, 1.807) is 103 Å². The molecule has 0 aliphatic heterocycles. The van der Waals surface area contributed by atoms with Gasteiger partial charge in [-0.05, 0) is 0 Å². The minimum atomic E-state index is -5.66. The van der Waals surface area contributed by atoms with Crippen molar-refractivity contribution < 1.29 is 33.3 Å². The van der Waals surface area contributed by atoms with Gasteiger partial charge in [0.2, 0.25) is 0 Å². The molecule has 0 fully saturated rings. The molecular formula is C40H41O7P. The van der Waals surface area contributed by atoms with Gasteiger partial charge in [-0.15, -0.1) is 0 Å². The number of hydrogen-bond acceptors (Lipinski definition) is 7. The first-order valence-corrected chi connectivity index (χ1v) is 17.8. The second-order valence-corrected chi connectivity index (χ2v) is 17.0. The molecule has 0 aromatic heterocycles. The molecule has 5 rings (SSSR count). The maximum absolute atomic E-state index is 16.4. The zero-order chi connectivity index (χ0) is 34.7. The van der Waals surface area contributed by atoms with Gasteiger partial charge in [-0.3, -0.25) is 0 Å². The van der Waals surface area contributed by atoms with E-state index in [-0.39, 0.29) is 50.1 Å². The van der Waals surface area contributed by atoms with Crippen molar-refractivity contribution in [3.05, 3.63) is 131 Å². The fraction of sp³-hybridized carbons (Fsp3) is 0.225. The van der Waals surface area contributed by atoms with Crippen LogP contribution in [0.15, 0.2) is 120 Å². The Kier molecular flexibility index (Phi) is 9.48. The van der Waals surface area contributed by atoms with E-state index in [1.165, 1.54) is 28.4 Å². The Morgan fingerprint density at radius 3 is 1.27 bits per heavy atom.